The molecule has 0 atom stereocenters. The largest absolute Gasteiger partial charge is 1.00 e. The molecule has 6 aromatic carbocycles. The average Bonchev–Trinajstić information content (AvgIpc) is 3.58. The van der Waals surface area contributed by atoms with Crippen LogP contribution in [-0.4, -0.2) is 5.43 Å². The Bertz CT molecular complexity index is 1880. The van der Waals surface area contributed by atoms with E-state index in [-0.39, 0.29) is 35.7 Å². The minimum Gasteiger partial charge on any atom is -1.00 e. The first kappa shape index (κ1) is 40.0. The average molecular weight is 743 g/mol. The van der Waals surface area contributed by atoms with Gasteiger partial charge in [0.1, 0.15) is 0 Å². The van der Waals surface area contributed by atoms with Crippen LogP contribution in [0.25, 0.3) is 43.8 Å². The SMILES string of the molecule is CC(C)c1cc2c(-c3ccc(C(C)(C)C)cc3)cccc2[cH-]1.C[Si](C)=[Zr+2].Cc1cc2c(-c3ccccc3C)ccc(C)c2[cH-]1.[Cl-].[Cl-]. The molecule has 0 unspecified atom stereocenters. The molecule has 0 heterocycles. The zero-order valence-electron chi connectivity index (χ0n) is 29.1. The standard InChI is InChI=1S/C22H25.C18H17.C2H6Si.2ClH.Zr/c1-15(2)18-13-17-7-6-8-20(21(17)14-18)16-9-11-19(12-10-16)22(3,4)5;1-12-10-17-14(3)8-9-16(18(17)11-12)15-7-5-4-6-13(15)2;1-3-2;;;/h6-15H,1-5H3;4-11H,1-3H3;1-2H3;2*1H;/q2*-1;;;;+2/p-2. The van der Waals surface area contributed by atoms with Gasteiger partial charge in [0.15, 0.2) is 0 Å². The van der Waals surface area contributed by atoms with E-state index in [1.165, 1.54) is 71.6 Å². The van der Waals surface area contributed by atoms with E-state index in [2.05, 4.69) is 172 Å². The monoisotopic (exact) mass is 740 g/mol. The summed E-state index contributed by atoms with van der Waals surface area (Å²) in [5.41, 5.74) is 12.6. The molecule has 0 aliphatic rings. The molecule has 0 aromatic heterocycles. The van der Waals surface area contributed by atoms with Crippen LogP contribution in [0.4, 0.5) is 0 Å². The van der Waals surface area contributed by atoms with Gasteiger partial charge in [0.25, 0.3) is 0 Å². The first-order valence-electron chi connectivity index (χ1n) is 15.8. The summed E-state index contributed by atoms with van der Waals surface area (Å²) < 4.78 is 0. The van der Waals surface area contributed by atoms with E-state index >= 15 is 0 Å². The number of hydrogen-bond donors (Lipinski definition) is 0. The van der Waals surface area contributed by atoms with E-state index in [0.717, 1.165) is 0 Å². The predicted octanol–water partition coefficient (Wildman–Crippen LogP) is 6.59. The van der Waals surface area contributed by atoms with Crippen molar-refractivity contribution >= 4 is 27.0 Å². The summed E-state index contributed by atoms with van der Waals surface area (Å²) in [6.45, 7) is 22.4. The number of halogens is 2. The van der Waals surface area contributed by atoms with Crippen molar-refractivity contribution in [2.75, 3.05) is 0 Å². The van der Waals surface area contributed by atoms with Gasteiger partial charge < -0.3 is 24.8 Å². The molecule has 46 heavy (non-hydrogen) atoms. The molecular weight excluding hydrogens is 695 g/mol. The number of fused-ring (bicyclic) bond motifs is 2. The Morgan fingerprint density at radius 1 is 0.652 bits per heavy atom. The van der Waals surface area contributed by atoms with Crippen LogP contribution in [0, 0.1) is 20.8 Å². The summed E-state index contributed by atoms with van der Waals surface area (Å²) in [5.74, 6) is 0.573. The van der Waals surface area contributed by atoms with Crippen LogP contribution in [0.1, 0.15) is 68.4 Å². The third-order valence-corrected chi connectivity index (χ3v) is 8.19. The van der Waals surface area contributed by atoms with Crippen molar-refractivity contribution in [1.29, 1.82) is 0 Å². The van der Waals surface area contributed by atoms with Gasteiger partial charge in [-0.05, 0) is 40.5 Å². The molecule has 6 aromatic rings. The normalized spacial score (nSPS) is 10.8. The van der Waals surface area contributed by atoms with Crippen LogP contribution in [0.15, 0.2) is 103 Å². The number of benzene rings is 4. The molecule has 0 amide bonds. The summed E-state index contributed by atoms with van der Waals surface area (Å²) in [6, 6.07) is 38.0. The van der Waals surface area contributed by atoms with Crippen molar-refractivity contribution in [3.8, 4) is 22.3 Å². The molecule has 4 heteroatoms. The van der Waals surface area contributed by atoms with E-state index in [1.54, 1.807) is 23.3 Å². The molecule has 0 radical (unpaired) electrons. The Kier molecular flexibility index (Phi) is 15.0. The second-order valence-corrected chi connectivity index (χ2v) is 23.1. The topological polar surface area (TPSA) is 0 Å². The minimum absolute atomic E-state index is 0. The van der Waals surface area contributed by atoms with Gasteiger partial charge in [0.05, 0.1) is 0 Å². The van der Waals surface area contributed by atoms with Crippen LogP contribution in [-0.2, 0) is 28.8 Å². The molecule has 0 nitrogen and oxygen atoms in total. The van der Waals surface area contributed by atoms with E-state index in [0.29, 0.717) is 5.92 Å². The molecule has 0 aliphatic carbocycles. The van der Waals surface area contributed by atoms with E-state index in [1.807, 2.05) is 0 Å². The molecule has 0 aliphatic heterocycles. The third kappa shape index (κ3) is 9.90. The zero-order chi connectivity index (χ0) is 32.2. The minimum atomic E-state index is 0. The van der Waals surface area contributed by atoms with Crippen molar-refractivity contribution in [2.24, 2.45) is 0 Å². The quantitative estimate of drug-likeness (QED) is 0.142. The first-order chi connectivity index (χ1) is 20.8. The third-order valence-electron chi connectivity index (χ3n) is 8.19. The number of aryl methyl sites for hydroxylation is 3. The molecule has 6 rings (SSSR count). The van der Waals surface area contributed by atoms with Gasteiger partial charge in [-0.15, -0.1) is 68.6 Å². The predicted molar refractivity (Wildman–Crippen MR) is 194 cm³/mol. The first-order valence-corrected chi connectivity index (χ1v) is 22.0. The maximum Gasteiger partial charge on any atom is -0.0250 e. The zero-order valence-corrected chi connectivity index (χ0v) is 34.1. The fourth-order valence-corrected chi connectivity index (χ4v) is 5.69. The Balaban J connectivity index is 0.000000280. The molecule has 0 saturated heterocycles. The van der Waals surface area contributed by atoms with E-state index in [9.17, 15) is 0 Å². The second-order valence-electron chi connectivity index (χ2n) is 13.7. The summed E-state index contributed by atoms with van der Waals surface area (Å²) in [7, 11) is 0. The van der Waals surface area contributed by atoms with Crippen LogP contribution < -0.4 is 24.8 Å². The Morgan fingerprint density at radius 2 is 1.26 bits per heavy atom. The van der Waals surface area contributed by atoms with Crippen molar-refractivity contribution in [2.45, 2.75) is 79.8 Å². The van der Waals surface area contributed by atoms with E-state index < -0.39 is 0 Å². The number of rotatable bonds is 3. The van der Waals surface area contributed by atoms with Gasteiger partial charge >= 0.3 is 41.9 Å². The van der Waals surface area contributed by atoms with Gasteiger partial charge in [-0.2, -0.15) is 12.1 Å². The smallest absolute Gasteiger partial charge is 0.0250 e. The summed E-state index contributed by atoms with van der Waals surface area (Å²) in [5, 5.41) is 5.48. The molecule has 0 saturated carbocycles. The Hall–Kier alpha value is -2.22. The van der Waals surface area contributed by atoms with Gasteiger partial charge in [0, 0.05) is 0 Å². The Labute approximate surface area is 306 Å². The van der Waals surface area contributed by atoms with Crippen molar-refractivity contribution < 1.29 is 48.1 Å². The summed E-state index contributed by atoms with van der Waals surface area (Å²) in [6.07, 6.45) is 0. The van der Waals surface area contributed by atoms with E-state index in [4.69, 9.17) is 0 Å². The summed E-state index contributed by atoms with van der Waals surface area (Å²) >= 11 is 1.74. The van der Waals surface area contributed by atoms with Crippen LogP contribution in [0.3, 0.4) is 0 Å². The van der Waals surface area contributed by atoms with Gasteiger partial charge in [-0.1, -0.05) is 120 Å². The van der Waals surface area contributed by atoms with Crippen LogP contribution in [0.5, 0.6) is 0 Å². The summed E-state index contributed by atoms with van der Waals surface area (Å²) in [4.78, 5) is 0. The van der Waals surface area contributed by atoms with Gasteiger partial charge in [-0.3, -0.25) is 0 Å². The maximum atomic E-state index is 2.35. The van der Waals surface area contributed by atoms with Crippen LogP contribution in [0.2, 0.25) is 13.1 Å². The number of hydrogen-bond acceptors (Lipinski definition) is 0. The van der Waals surface area contributed by atoms with Crippen molar-refractivity contribution in [3.05, 3.63) is 131 Å². The molecular formula is C42H48Cl2SiZr-2. The second kappa shape index (κ2) is 17.3. The van der Waals surface area contributed by atoms with Gasteiger partial charge in [0.2, 0.25) is 0 Å². The molecule has 0 N–H and O–H groups in total. The maximum absolute atomic E-state index is 2.35. The molecule has 240 valence electrons. The fraction of sp³-hybridized carbons (Fsp3) is 0.286. The van der Waals surface area contributed by atoms with Crippen molar-refractivity contribution in [1.82, 2.24) is 0 Å². The van der Waals surface area contributed by atoms with Gasteiger partial charge in [-0.25, -0.2) is 0 Å². The molecule has 0 fully saturated rings. The Morgan fingerprint density at radius 3 is 1.85 bits per heavy atom. The van der Waals surface area contributed by atoms with Crippen LogP contribution >= 0.6 is 0 Å². The molecule has 0 bridgehead atoms. The fourth-order valence-electron chi connectivity index (χ4n) is 5.69. The van der Waals surface area contributed by atoms with Crippen molar-refractivity contribution in [3.63, 3.8) is 0 Å². The molecule has 0 spiro atoms.